The normalized spacial score (nSPS) is 12.4. The average Bonchev–Trinajstić information content (AvgIpc) is 2.09. The van der Waals surface area contributed by atoms with E-state index < -0.39 is 24.0 Å². The van der Waals surface area contributed by atoms with Crippen LogP contribution >= 0.6 is 28.3 Å². The smallest absolute Gasteiger partial charge is 0.257 e. The van der Waals surface area contributed by atoms with Crippen LogP contribution in [-0.4, -0.2) is 11.5 Å². The van der Waals surface area contributed by atoms with Crippen molar-refractivity contribution >= 4 is 28.3 Å². The third-order valence-electron chi connectivity index (χ3n) is 1.69. The van der Waals surface area contributed by atoms with Gasteiger partial charge >= 0.3 is 0 Å². The number of phenols is 1. The zero-order chi connectivity index (χ0) is 10.9. The highest BCUT2D eigenvalue weighted by atomic mass is 79.9. The van der Waals surface area contributed by atoms with Gasteiger partial charge in [-0.2, -0.15) is 0 Å². The molecule has 7 heteroatoms. The van der Waals surface area contributed by atoms with Crippen LogP contribution in [0.5, 0.6) is 5.75 Å². The SMILES string of the molecule is Cl.N[C@H](c1cc(Br)cc(F)c1O)C(F)F. The number of hydrogen-bond donors (Lipinski definition) is 2. The molecule has 0 unspecified atom stereocenters. The van der Waals surface area contributed by atoms with Crippen molar-refractivity contribution in [1.29, 1.82) is 0 Å². The molecule has 1 rings (SSSR count). The number of phenolic OH excluding ortho intramolecular Hbond substituents is 1. The van der Waals surface area contributed by atoms with Crippen molar-refractivity contribution in [2.75, 3.05) is 0 Å². The Labute approximate surface area is 98.8 Å². The van der Waals surface area contributed by atoms with Crippen LogP contribution in [0.15, 0.2) is 16.6 Å². The van der Waals surface area contributed by atoms with Crippen LogP contribution in [0.1, 0.15) is 11.6 Å². The topological polar surface area (TPSA) is 46.2 Å². The van der Waals surface area contributed by atoms with Crippen molar-refractivity contribution in [3.63, 3.8) is 0 Å². The molecule has 0 aliphatic carbocycles. The van der Waals surface area contributed by atoms with E-state index in [-0.39, 0.29) is 22.4 Å². The summed E-state index contributed by atoms with van der Waals surface area (Å²) in [6, 6.07) is 0.439. The molecule has 0 aliphatic rings. The highest BCUT2D eigenvalue weighted by Crippen LogP contribution is 2.32. The van der Waals surface area contributed by atoms with Gasteiger partial charge in [-0.25, -0.2) is 13.2 Å². The maximum Gasteiger partial charge on any atom is 0.257 e. The van der Waals surface area contributed by atoms with E-state index in [1.54, 1.807) is 0 Å². The van der Waals surface area contributed by atoms with Gasteiger partial charge in [-0.15, -0.1) is 12.4 Å². The minimum atomic E-state index is -2.85. The highest BCUT2D eigenvalue weighted by Gasteiger charge is 2.23. The van der Waals surface area contributed by atoms with Crippen molar-refractivity contribution in [3.05, 3.63) is 28.0 Å². The Kier molecular flexibility index (Phi) is 5.41. The number of rotatable bonds is 2. The number of halogens is 5. The third-order valence-corrected chi connectivity index (χ3v) is 2.15. The molecule has 86 valence electrons. The van der Waals surface area contributed by atoms with Gasteiger partial charge in [0.2, 0.25) is 0 Å². The first kappa shape index (κ1) is 14.5. The number of aromatic hydroxyl groups is 1. The molecule has 2 nitrogen and oxygen atoms in total. The van der Waals surface area contributed by atoms with Gasteiger partial charge in [0.1, 0.15) is 0 Å². The predicted octanol–water partition coefficient (Wildman–Crippen LogP) is 2.98. The Hall–Kier alpha value is -0.460. The van der Waals surface area contributed by atoms with Crippen LogP contribution in [0.2, 0.25) is 0 Å². The van der Waals surface area contributed by atoms with E-state index in [1.807, 2.05) is 0 Å². The summed E-state index contributed by atoms with van der Waals surface area (Å²) in [6.45, 7) is 0. The fraction of sp³-hybridized carbons (Fsp3) is 0.250. The zero-order valence-corrected chi connectivity index (χ0v) is 9.66. The van der Waals surface area contributed by atoms with Crippen LogP contribution in [0, 0.1) is 5.82 Å². The van der Waals surface area contributed by atoms with Crippen molar-refractivity contribution in [2.45, 2.75) is 12.5 Å². The lowest BCUT2D eigenvalue weighted by Gasteiger charge is -2.13. The summed E-state index contributed by atoms with van der Waals surface area (Å²) >= 11 is 2.91. The zero-order valence-electron chi connectivity index (χ0n) is 7.25. The molecule has 0 fully saturated rings. The molecule has 15 heavy (non-hydrogen) atoms. The van der Waals surface area contributed by atoms with Crippen LogP contribution in [0.3, 0.4) is 0 Å². The predicted molar refractivity (Wildman–Crippen MR) is 55.9 cm³/mol. The Balaban J connectivity index is 0.00000196. The third kappa shape index (κ3) is 3.25. The molecule has 0 bridgehead atoms. The van der Waals surface area contributed by atoms with E-state index in [0.717, 1.165) is 12.1 Å². The number of alkyl halides is 2. The minimum absolute atomic E-state index is 0. The first-order valence-electron chi connectivity index (χ1n) is 3.65. The first-order chi connectivity index (χ1) is 6.43. The summed E-state index contributed by atoms with van der Waals surface area (Å²) in [7, 11) is 0. The van der Waals surface area contributed by atoms with E-state index in [4.69, 9.17) is 10.8 Å². The van der Waals surface area contributed by atoms with Gasteiger partial charge in [-0.05, 0) is 12.1 Å². The summed E-state index contributed by atoms with van der Waals surface area (Å²) in [6.07, 6.45) is -2.85. The van der Waals surface area contributed by atoms with Gasteiger partial charge in [0.15, 0.2) is 11.6 Å². The summed E-state index contributed by atoms with van der Waals surface area (Å²) in [4.78, 5) is 0. The summed E-state index contributed by atoms with van der Waals surface area (Å²) in [5.74, 6) is -1.81. The summed E-state index contributed by atoms with van der Waals surface area (Å²) < 4.78 is 37.5. The molecule has 1 aromatic carbocycles. The van der Waals surface area contributed by atoms with Crippen LogP contribution in [0.4, 0.5) is 13.2 Å². The molecule has 3 N–H and O–H groups in total. The number of nitrogens with two attached hydrogens (primary N) is 1. The highest BCUT2D eigenvalue weighted by molar-refractivity contribution is 9.10. The Morgan fingerprint density at radius 1 is 1.33 bits per heavy atom. The standard InChI is InChI=1S/C8H7BrF3NO.ClH/c9-3-1-4(6(13)8(11)12)7(14)5(10)2-3;/h1-2,6,8,14H,13H2;1H/t6-;/m1./s1. The molecule has 0 saturated carbocycles. The lowest BCUT2D eigenvalue weighted by Crippen LogP contribution is -2.19. The first-order valence-corrected chi connectivity index (χ1v) is 4.44. The second-order valence-electron chi connectivity index (χ2n) is 2.69. The van der Waals surface area contributed by atoms with Crippen molar-refractivity contribution < 1.29 is 18.3 Å². The minimum Gasteiger partial charge on any atom is -0.505 e. The van der Waals surface area contributed by atoms with Gasteiger partial charge in [0, 0.05) is 10.0 Å². The second kappa shape index (κ2) is 5.58. The van der Waals surface area contributed by atoms with E-state index in [9.17, 15) is 13.2 Å². The fourth-order valence-corrected chi connectivity index (χ4v) is 1.42. The molecular weight excluding hydrogens is 298 g/mol. The fourth-order valence-electron chi connectivity index (χ4n) is 0.976. The average molecular weight is 307 g/mol. The maximum absolute atomic E-state index is 12.9. The van der Waals surface area contributed by atoms with Crippen LogP contribution in [-0.2, 0) is 0 Å². The lowest BCUT2D eigenvalue weighted by molar-refractivity contribution is 0.115. The number of benzene rings is 1. The molecule has 0 amide bonds. The van der Waals surface area contributed by atoms with E-state index in [2.05, 4.69) is 15.9 Å². The van der Waals surface area contributed by atoms with E-state index in [1.165, 1.54) is 0 Å². The van der Waals surface area contributed by atoms with Gasteiger partial charge in [0.05, 0.1) is 6.04 Å². The van der Waals surface area contributed by atoms with Crippen molar-refractivity contribution in [3.8, 4) is 5.75 Å². The molecule has 0 aromatic heterocycles. The molecule has 0 spiro atoms. The van der Waals surface area contributed by atoms with Gasteiger partial charge < -0.3 is 10.8 Å². The Morgan fingerprint density at radius 3 is 2.33 bits per heavy atom. The molecule has 0 aliphatic heterocycles. The molecule has 1 atom stereocenters. The van der Waals surface area contributed by atoms with E-state index in [0.29, 0.717) is 0 Å². The van der Waals surface area contributed by atoms with Gasteiger partial charge in [-0.3, -0.25) is 0 Å². The van der Waals surface area contributed by atoms with Crippen molar-refractivity contribution in [2.24, 2.45) is 5.73 Å². The van der Waals surface area contributed by atoms with Gasteiger partial charge in [-0.1, -0.05) is 15.9 Å². The molecular formula is C8H8BrClF3NO. The molecule has 1 aromatic rings. The Morgan fingerprint density at radius 2 is 1.87 bits per heavy atom. The summed E-state index contributed by atoms with van der Waals surface area (Å²) in [5, 5.41) is 9.13. The quantitative estimate of drug-likeness (QED) is 0.882. The van der Waals surface area contributed by atoms with E-state index >= 15 is 0 Å². The van der Waals surface area contributed by atoms with Crippen LogP contribution in [0.25, 0.3) is 0 Å². The molecule has 0 saturated heterocycles. The number of hydrogen-bond acceptors (Lipinski definition) is 2. The molecule has 0 radical (unpaired) electrons. The second-order valence-corrected chi connectivity index (χ2v) is 3.60. The largest absolute Gasteiger partial charge is 0.505 e. The van der Waals surface area contributed by atoms with Gasteiger partial charge in [0.25, 0.3) is 6.43 Å². The van der Waals surface area contributed by atoms with Crippen LogP contribution < -0.4 is 5.73 Å². The van der Waals surface area contributed by atoms with Crippen molar-refractivity contribution in [1.82, 2.24) is 0 Å². The monoisotopic (exact) mass is 305 g/mol. The Bertz CT molecular complexity index is 351. The lowest BCUT2D eigenvalue weighted by atomic mass is 10.1. The molecule has 0 heterocycles. The maximum atomic E-state index is 12.9. The summed E-state index contributed by atoms with van der Waals surface area (Å²) in [5.41, 5.74) is 4.77.